The molecule has 0 fully saturated rings. The van der Waals surface area contributed by atoms with Gasteiger partial charge in [0.25, 0.3) is 0 Å². The second kappa shape index (κ2) is 9.44. The molecule has 2 aromatic carbocycles. The Hall–Kier alpha value is -4.63. The van der Waals surface area contributed by atoms with E-state index in [2.05, 4.69) is 41.4 Å². The average molecular weight is 493 g/mol. The molecule has 8 nitrogen and oxygen atoms in total. The Bertz CT molecular complexity index is 1700. The first-order valence-corrected chi connectivity index (χ1v) is 12.0. The van der Waals surface area contributed by atoms with Gasteiger partial charge in [-0.1, -0.05) is 6.07 Å². The van der Waals surface area contributed by atoms with E-state index in [1.807, 2.05) is 50.5 Å². The monoisotopic (exact) mass is 492 g/mol. The van der Waals surface area contributed by atoms with Gasteiger partial charge >= 0.3 is 0 Å². The third-order valence-electron chi connectivity index (χ3n) is 6.26. The smallest absolute Gasteiger partial charge is 0.159 e. The van der Waals surface area contributed by atoms with Crippen LogP contribution in [0.3, 0.4) is 0 Å². The first-order valence-electron chi connectivity index (χ1n) is 12.0. The van der Waals surface area contributed by atoms with Gasteiger partial charge in [-0.05, 0) is 73.8 Å². The van der Waals surface area contributed by atoms with Crippen LogP contribution in [0.1, 0.15) is 0 Å². The van der Waals surface area contributed by atoms with Gasteiger partial charge in [0.15, 0.2) is 5.82 Å². The number of benzene rings is 2. The maximum atomic E-state index is 14.6. The van der Waals surface area contributed by atoms with E-state index in [0.29, 0.717) is 40.5 Å². The van der Waals surface area contributed by atoms with Crippen LogP contribution in [0.15, 0.2) is 73.2 Å². The Labute approximate surface area is 212 Å². The number of hydrogen-bond acceptors (Lipinski definition) is 6. The summed E-state index contributed by atoms with van der Waals surface area (Å²) in [6.45, 7) is 1.54. The summed E-state index contributed by atoms with van der Waals surface area (Å²) in [7, 11) is 4.00. The lowest BCUT2D eigenvalue weighted by atomic mass is 10.0. The summed E-state index contributed by atoms with van der Waals surface area (Å²) in [4.78, 5) is 19.0. The molecule has 0 aliphatic carbocycles. The molecule has 6 aromatic rings. The molecule has 37 heavy (non-hydrogen) atoms. The highest BCUT2D eigenvalue weighted by atomic mass is 19.1. The van der Waals surface area contributed by atoms with Crippen LogP contribution in [0, 0.1) is 5.82 Å². The lowest BCUT2D eigenvalue weighted by molar-refractivity contribution is 0.425. The fourth-order valence-corrected chi connectivity index (χ4v) is 4.43. The van der Waals surface area contributed by atoms with Gasteiger partial charge in [0.1, 0.15) is 17.0 Å². The van der Waals surface area contributed by atoms with Gasteiger partial charge in [0, 0.05) is 48.3 Å². The summed E-state index contributed by atoms with van der Waals surface area (Å²) < 4.78 is 14.6. The lowest BCUT2D eigenvalue weighted by Crippen LogP contribution is -2.20. The molecule has 0 aliphatic heterocycles. The number of pyridine rings is 2. The number of likely N-dealkylation sites (N-methyl/N-ethyl adjacent to an activating group) is 1. The molecule has 0 atom stereocenters. The van der Waals surface area contributed by atoms with Crippen LogP contribution in [0.2, 0.25) is 0 Å². The Morgan fingerprint density at radius 3 is 2.57 bits per heavy atom. The van der Waals surface area contributed by atoms with Crippen LogP contribution in [-0.4, -0.2) is 62.2 Å². The minimum absolute atomic E-state index is 0.332. The van der Waals surface area contributed by atoms with Gasteiger partial charge in [-0.2, -0.15) is 5.10 Å². The Morgan fingerprint density at radius 2 is 1.73 bits per heavy atom. The SMILES string of the molecule is CN(C)CCNc1cc(F)cc(-c2nccc3[nH]c(-c4n[nH]c5ccc(-c6ccncc6)cc45)nc23)c1. The number of anilines is 1. The molecule has 3 N–H and O–H groups in total. The van der Waals surface area contributed by atoms with Crippen LogP contribution >= 0.6 is 0 Å². The summed E-state index contributed by atoms with van der Waals surface area (Å²) in [6, 6.07) is 16.8. The van der Waals surface area contributed by atoms with Crippen molar-refractivity contribution in [3.05, 3.63) is 79.0 Å². The highest BCUT2D eigenvalue weighted by Gasteiger charge is 2.17. The molecule has 184 valence electrons. The molecule has 0 amide bonds. The van der Waals surface area contributed by atoms with Crippen molar-refractivity contribution in [1.82, 2.24) is 35.0 Å². The molecule has 4 heterocycles. The van der Waals surface area contributed by atoms with E-state index in [-0.39, 0.29) is 5.82 Å². The van der Waals surface area contributed by atoms with Gasteiger partial charge in [-0.3, -0.25) is 15.1 Å². The van der Waals surface area contributed by atoms with Crippen LogP contribution in [-0.2, 0) is 0 Å². The molecular formula is C28H25FN8. The summed E-state index contributed by atoms with van der Waals surface area (Å²) >= 11 is 0. The number of H-pyrrole nitrogens is 2. The van der Waals surface area contributed by atoms with Crippen molar-refractivity contribution in [2.45, 2.75) is 0 Å². The van der Waals surface area contributed by atoms with E-state index in [4.69, 9.17) is 4.98 Å². The second-order valence-corrected chi connectivity index (χ2v) is 9.17. The van der Waals surface area contributed by atoms with Crippen molar-refractivity contribution in [1.29, 1.82) is 0 Å². The molecule has 0 bridgehead atoms. The minimum atomic E-state index is -0.332. The molecule has 4 aromatic heterocycles. The van der Waals surface area contributed by atoms with Crippen molar-refractivity contribution < 1.29 is 4.39 Å². The highest BCUT2D eigenvalue weighted by molar-refractivity contribution is 5.97. The molecule has 0 saturated carbocycles. The van der Waals surface area contributed by atoms with Gasteiger partial charge < -0.3 is 15.2 Å². The van der Waals surface area contributed by atoms with Crippen LogP contribution in [0.5, 0.6) is 0 Å². The summed E-state index contributed by atoms with van der Waals surface area (Å²) in [5.41, 5.74) is 7.16. The normalized spacial score (nSPS) is 11.6. The zero-order valence-corrected chi connectivity index (χ0v) is 20.5. The largest absolute Gasteiger partial charge is 0.384 e. The summed E-state index contributed by atoms with van der Waals surface area (Å²) in [6.07, 6.45) is 5.26. The van der Waals surface area contributed by atoms with Crippen LogP contribution in [0.4, 0.5) is 10.1 Å². The number of fused-ring (bicyclic) bond motifs is 2. The first-order chi connectivity index (χ1) is 18.0. The Balaban J connectivity index is 1.41. The maximum absolute atomic E-state index is 14.6. The molecule has 0 spiro atoms. The standard InChI is InChI=1S/C28H25FN8/c1-37(2)12-11-31-21-14-19(13-20(29)16-21)25-27-24(7-10-32-25)33-28(34-27)26-22-15-18(3-4-23(22)35-36-26)17-5-8-30-9-6-17/h3-10,13-16,31H,11-12H2,1-2H3,(H,33,34)(H,35,36). The second-order valence-electron chi connectivity index (χ2n) is 9.17. The average Bonchev–Trinajstić information content (AvgIpc) is 3.52. The van der Waals surface area contributed by atoms with Gasteiger partial charge in [0.2, 0.25) is 0 Å². The summed E-state index contributed by atoms with van der Waals surface area (Å²) in [5.74, 6) is 0.282. The number of hydrogen-bond donors (Lipinski definition) is 3. The predicted octanol–water partition coefficient (Wildman–Crippen LogP) is 5.34. The Kier molecular flexibility index (Phi) is 5.82. The van der Waals surface area contributed by atoms with E-state index >= 15 is 0 Å². The quantitative estimate of drug-likeness (QED) is 0.278. The zero-order chi connectivity index (χ0) is 25.4. The van der Waals surface area contributed by atoms with E-state index in [9.17, 15) is 4.39 Å². The summed E-state index contributed by atoms with van der Waals surface area (Å²) in [5, 5.41) is 11.9. The maximum Gasteiger partial charge on any atom is 0.159 e. The number of rotatable bonds is 7. The lowest BCUT2D eigenvalue weighted by Gasteiger charge is -2.12. The van der Waals surface area contributed by atoms with Crippen molar-refractivity contribution in [3.8, 4) is 33.9 Å². The molecular weight excluding hydrogens is 467 g/mol. The fraction of sp³-hybridized carbons (Fsp3) is 0.143. The first kappa shape index (κ1) is 22.8. The zero-order valence-electron chi connectivity index (χ0n) is 20.5. The molecule has 6 rings (SSSR count). The third kappa shape index (κ3) is 4.52. The van der Waals surface area contributed by atoms with Crippen LogP contribution < -0.4 is 5.32 Å². The number of nitrogens with one attached hydrogen (secondary N) is 3. The number of imidazole rings is 1. The fourth-order valence-electron chi connectivity index (χ4n) is 4.43. The number of nitrogens with zero attached hydrogens (tertiary/aromatic N) is 5. The van der Waals surface area contributed by atoms with Gasteiger partial charge in [-0.25, -0.2) is 9.37 Å². The van der Waals surface area contributed by atoms with Gasteiger partial charge in [-0.15, -0.1) is 0 Å². The Morgan fingerprint density at radius 1 is 0.865 bits per heavy atom. The van der Waals surface area contributed by atoms with E-state index in [0.717, 1.165) is 34.1 Å². The molecule has 9 heteroatoms. The highest BCUT2D eigenvalue weighted by Crippen LogP contribution is 2.33. The van der Waals surface area contributed by atoms with Gasteiger partial charge in [0.05, 0.1) is 16.7 Å². The van der Waals surface area contributed by atoms with Crippen molar-refractivity contribution >= 4 is 27.6 Å². The van der Waals surface area contributed by atoms with Crippen molar-refractivity contribution in [2.24, 2.45) is 0 Å². The minimum Gasteiger partial charge on any atom is -0.384 e. The topological polar surface area (TPSA) is 98.4 Å². The third-order valence-corrected chi connectivity index (χ3v) is 6.26. The van der Waals surface area contributed by atoms with E-state index in [1.165, 1.54) is 12.1 Å². The van der Waals surface area contributed by atoms with E-state index < -0.39 is 0 Å². The molecule has 0 saturated heterocycles. The molecule has 0 aliphatic rings. The number of halogens is 1. The predicted molar refractivity (Wildman–Crippen MR) is 145 cm³/mol. The molecule has 0 unspecified atom stereocenters. The van der Waals surface area contributed by atoms with E-state index in [1.54, 1.807) is 18.6 Å². The van der Waals surface area contributed by atoms with Crippen LogP contribution in [0.25, 0.3) is 55.8 Å². The van der Waals surface area contributed by atoms with Crippen molar-refractivity contribution in [2.75, 3.05) is 32.5 Å². The number of aromatic nitrogens is 6. The number of aromatic amines is 2. The molecule has 0 radical (unpaired) electrons. The van der Waals surface area contributed by atoms with Crippen molar-refractivity contribution in [3.63, 3.8) is 0 Å².